The van der Waals surface area contributed by atoms with Gasteiger partial charge in [-0.2, -0.15) is 10.4 Å². The number of nitriles is 1. The summed E-state index contributed by atoms with van der Waals surface area (Å²) in [5, 5.41) is 15.7. The number of carbonyl (C=O) groups is 1. The van der Waals surface area contributed by atoms with Crippen molar-refractivity contribution in [2.24, 2.45) is 0 Å². The lowest BCUT2D eigenvalue weighted by Crippen LogP contribution is -2.31. The summed E-state index contributed by atoms with van der Waals surface area (Å²) in [5.41, 5.74) is 3.37. The van der Waals surface area contributed by atoms with Crippen molar-refractivity contribution in [2.75, 3.05) is 13.1 Å². The average Bonchev–Trinajstić information content (AvgIpc) is 3.27. The van der Waals surface area contributed by atoms with E-state index < -0.39 is 10.0 Å². The number of amides is 1. The van der Waals surface area contributed by atoms with Crippen LogP contribution < -0.4 is 4.72 Å². The molecular formula is C19H23N5O3S. The van der Waals surface area contributed by atoms with Gasteiger partial charge in [0.2, 0.25) is 10.0 Å². The molecule has 2 aromatic rings. The topological polar surface area (TPSA) is 119 Å². The minimum atomic E-state index is -3.69. The number of likely N-dealkylation sites (tertiary alicyclic amines) is 1. The van der Waals surface area contributed by atoms with E-state index in [0.29, 0.717) is 12.1 Å². The van der Waals surface area contributed by atoms with Crippen molar-refractivity contribution in [2.45, 2.75) is 44.0 Å². The van der Waals surface area contributed by atoms with E-state index >= 15 is 0 Å². The van der Waals surface area contributed by atoms with E-state index in [4.69, 9.17) is 5.26 Å². The Kier molecular flexibility index (Phi) is 5.82. The molecule has 0 spiro atoms. The van der Waals surface area contributed by atoms with Crippen molar-refractivity contribution in [1.29, 1.82) is 5.26 Å². The highest BCUT2D eigenvalue weighted by Gasteiger charge is 2.33. The molecule has 148 valence electrons. The molecule has 1 saturated heterocycles. The molecule has 1 atom stereocenters. The number of rotatable bonds is 6. The number of nitrogens with zero attached hydrogens (tertiary/aromatic N) is 3. The van der Waals surface area contributed by atoms with Gasteiger partial charge in [0, 0.05) is 36.3 Å². The molecule has 0 bridgehead atoms. The van der Waals surface area contributed by atoms with Crippen LogP contribution in [0.25, 0.3) is 0 Å². The van der Waals surface area contributed by atoms with E-state index in [1.165, 1.54) is 24.3 Å². The van der Waals surface area contributed by atoms with Gasteiger partial charge >= 0.3 is 0 Å². The Labute approximate surface area is 164 Å². The summed E-state index contributed by atoms with van der Waals surface area (Å²) in [6, 6.07) is 7.76. The number of benzene rings is 1. The Morgan fingerprint density at radius 2 is 2.07 bits per heavy atom. The Morgan fingerprint density at radius 1 is 1.36 bits per heavy atom. The molecule has 1 aliphatic heterocycles. The van der Waals surface area contributed by atoms with Crippen molar-refractivity contribution < 1.29 is 13.2 Å². The SMILES string of the molecule is Cc1n[nH]c(C)c1C1CCCN1C(=O)c1ccc(S(=O)(=O)NCCC#N)cc1. The van der Waals surface area contributed by atoms with Crippen LogP contribution in [-0.4, -0.2) is 42.5 Å². The summed E-state index contributed by atoms with van der Waals surface area (Å²) in [4.78, 5) is 14.9. The third-order valence-electron chi connectivity index (χ3n) is 4.97. The monoisotopic (exact) mass is 401 g/mol. The number of sulfonamides is 1. The predicted molar refractivity (Wildman–Crippen MR) is 103 cm³/mol. The summed E-state index contributed by atoms with van der Waals surface area (Å²) in [6.07, 6.45) is 1.89. The number of nitrogens with one attached hydrogen (secondary N) is 2. The van der Waals surface area contributed by atoms with Gasteiger partial charge in [0.1, 0.15) is 0 Å². The molecule has 1 aromatic carbocycles. The normalized spacial score (nSPS) is 16.9. The second-order valence-electron chi connectivity index (χ2n) is 6.83. The lowest BCUT2D eigenvalue weighted by molar-refractivity contribution is 0.0735. The first-order valence-corrected chi connectivity index (χ1v) is 10.6. The number of hydrogen-bond donors (Lipinski definition) is 2. The zero-order valence-corrected chi connectivity index (χ0v) is 16.7. The van der Waals surface area contributed by atoms with Gasteiger partial charge in [0.15, 0.2) is 0 Å². The molecule has 3 rings (SSSR count). The van der Waals surface area contributed by atoms with Crippen LogP contribution in [0.4, 0.5) is 0 Å². The molecule has 1 unspecified atom stereocenters. The number of carbonyl (C=O) groups excluding carboxylic acids is 1. The number of aromatic nitrogens is 2. The third kappa shape index (κ3) is 3.93. The second-order valence-corrected chi connectivity index (χ2v) is 8.60. The first-order valence-electron chi connectivity index (χ1n) is 9.14. The molecule has 0 radical (unpaired) electrons. The molecule has 1 aliphatic rings. The maximum absolute atomic E-state index is 13.0. The maximum atomic E-state index is 13.0. The molecule has 0 saturated carbocycles. The van der Waals surface area contributed by atoms with Crippen LogP contribution in [0.3, 0.4) is 0 Å². The van der Waals surface area contributed by atoms with Crippen molar-refractivity contribution in [3.63, 3.8) is 0 Å². The van der Waals surface area contributed by atoms with Gasteiger partial charge in [0.05, 0.1) is 22.7 Å². The Balaban J connectivity index is 1.78. The van der Waals surface area contributed by atoms with Crippen molar-refractivity contribution in [3.8, 4) is 6.07 Å². The van der Waals surface area contributed by atoms with Gasteiger partial charge < -0.3 is 4.90 Å². The van der Waals surface area contributed by atoms with Crippen molar-refractivity contribution in [3.05, 3.63) is 46.8 Å². The highest BCUT2D eigenvalue weighted by atomic mass is 32.2. The molecule has 9 heteroatoms. The van der Waals surface area contributed by atoms with E-state index in [9.17, 15) is 13.2 Å². The molecule has 1 amide bonds. The molecule has 28 heavy (non-hydrogen) atoms. The van der Waals surface area contributed by atoms with Gasteiger partial charge in [-0.25, -0.2) is 13.1 Å². The zero-order chi connectivity index (χ0) is 20.3. The standard InChI is InChI=1S/C19H23N5O3S/c1-13-18(14(2)23-22-13)17-5-3-12-24(17)19(25)15-6-8-16(9-7-15)28(26,27)21-11-4-10-20/h6-9,17,21H,3-5,11-12H2,1-2H3,(H,22,23). The first kappa shape index (κ1) is 20.0. The highest BCUT2D eigenvalue weighted by molar-refractivity contribution is 7.89. The molecular weight excluding hydrogens is 378 g/mol. The van der Waals surface area contributed by atoms with Gasteiger partial charge in [-0.3, -0.25) is 9.89 Å². The quantitative estimate of drug-likeness (QED) is 0.719. The molecule has 2 heterocycles. The molecule has 1 aromatic heterocycles. The fourth-order valence-corrected chi connectivity index (χ4v) is 4.66. The summed E-state index contributed by atoms with van der Waals surface area (Å²) in [5.74, 6) is -0.121. The highest BCUT2D eigenvalue weighted by Crippen LogP contribution is 2.35. The summed E-state index contributed by atoms with van der Waals surface area (Å²) in [7, 11) is -3.69. The van der Waals surface area contributed by atoms with E-state index in [1.54, 1.807) is 0 Å². The average molecular weight is 401 g/mol. The number of aryl methyl sites for hydroxylation is 2. The molecule has 1 fully saturated rings. The Morgan fingerprint density at radius 3 is 2.68 bits per heavy atom. The van der Waals surface area contributed by atoms with Crippen LogP contribution >= 0.6 is 0 Å². The molecule has 2 N–H and O–H groups in total. The van der Waals surface area contributed by atoms with E-state index in [2.05, 4.69) is 14.9 Å². The third-order valence-corrected chi connectivity index (χ3v) is 6.45. The predicted octanol–water partition coefficient (Wildman–Crippen LogP) is 2.20. The minimum absolute atomic E-state index is 0.0256. The van der Waals surface area contributed by atoms with Crippen molar-refractivity contribution in [1.82, 2.24) is 19.8 Å². The Bertz CT molecular complexity index is 986. The largest absolute Gasteiger partial charge is 0.331 e. The van der Waals surface area contributed by atoms with Crippen LogP contribution in [0.5, 0.6) is 0 Å². The maximum Gasteiger partial charge on any atom is 0.254 e. The number of H-pyrrole nitrogens is 1. The number of aromatic amines is 1. The van der Waals surface area contributed by atoms with E-state index in [0.717, 1.165) is 29.8 Å². The lowest BCUT2D eigenvalue weighted by Gasteiger charge is -2.25. The van der Waals surface area contributed by atoms with E-state index in [-0.39, 0.29) is 29.8 Å². The number of hydrogen-bond acceptors (Lipinski definition) is 5. The summed E-state index contributed by atoms with van der Waals surface area (Å²) >= 11 is 0. The van der Waals surface area contributed by atoms with Crippen LogP contribution in [0.1, 0.15) is 52.6 Å². The summed E-state index contributed by atoms with van der Waals surface area (Å²) < 4.78 is 26.8. The van der Waals surface area contributed by atoms with Crippen molar-refractivity contribution >= 4 is 15.9 Å². The van der Waals surface area contributed by atoms with Gasteiger partial charge in [-0.05, 0) is 51.0 Å². The van der Waals surface area contributed by atoms with Gasteiger partial charge in [-0.1, -0.05) is 0 Å². The van der Waals surface area contributed by atoms with Gasteiger partial charge in [0.25, 0.3) is 5.91 Å². The van der Waals surface area contributed by atoms with E-state index in [1.807, 2.05) is 24.8 Å². The van der Waals surface area contributed by atoms with Crippen LogP contribution in [0.15, 0.2) is 29.2 Å². The minimum Gasteiger partial charge on any atom is -0.331 e. The Hall–Kier alpha value is -2.70. The second kappa shape index (κ2) is 8.12. The fraction of sp³-hybridized carbons (Fsp3) is 0.421. The van der Waals surface area contributed by atoms with Crippen LogP contribution in [0, 0.1) is 25.2 Å². The summed E-state index contributed by atoms with van der Waals surface area (Å²) in [6.45, 7) is 4.59. The molecule has 8 nitrogen and oxygen atoms in total. The van der Waals surface area contributed by atoms with Crippen LogP contribution in [-0.2, 0) is 10.0 Å². The smallest absolute Gasteiger partial charge is 0.254 e. The first-order chi connectivity index (χ1) is 13.3. The molecule has 0 aliphatic carbocycles. The van der Waals surface area contributed by atoms with Gasteiger partial charge in [-0.15, -0.1) is 0 Å². The zero-order valence-electron chi connectivity index (χ0n) is 15.9. The van der Waals surface area contributed by atoms with Crippen LogP contribution in [0.2, 0.25) is 0 Å². The lowest BCUT2D eigenvalue weighted by atomic mass is 10.0. The fourth-order valence-electron chi connectivity index (χ4n) is 3.63.